The van der Waals surface area contributed by atoms with Crippen LogP contribution in [0, 0.1) is 0 Å². The van der Waals surface area contributed by atoms with Crippen LogP contribution in [0.15, 0.2) is 30.5 Å². The van der Waals surface area contributed by atoms with Crippen molar-refractivity contribution in [3.05, 3.63) is 51.4 Å². The van der Waals surface area contributed by atoms with Gasteiger partial charge in [-0.1, -0.05) is 34.8 Å². The van der Waals surface area contributed by atoms with Gasteiger partial charge in [0.25, 0.3) is 5.91 Å². The minimum Gasteiger partial charge on any atom is -0.305 e. The maximum Gasteiger partial charge on any atom is 0.277 e. The molecule has 0 aliphatic rings. The van der Waals surface area contributed by atoms with Crippen molar-refractivity contribution in [3.63, 3.8) is 0 Å². The molecule has 4 nitrogen and oxygen atoms in total. The zero-order valence-corrected chi connectivity index (χ0v) is 11.1. The summed E-state index contributed by atoms with van der Waals surface area (Å²) in [5.74, 6) is -0.192. The second kappa shape index (κ2) is 5.52. The van der Waals surface area contributed by atoms with Crippen molar-refractivity contribution in [1.82, 2.24) is 9.97 Å². The van der Waals surface area contributed by atoms with Crippen LogP contribution < -0.4 is 5.32 Å². The van der Waals surface area contributed by atoms with E-state index >= 15 is 0 Å². The van der Waals surface area contributed by atoms with E-state index in [-0.39, 0.29) is 15.9 Å². The van der Waals surface area contributed by atoms with Gasteiger partial charge in [0.1, 0.15) is 16.7 Å². The van der Waals surface area contributed by atoms with Crippen LogP contribution in [0.1, 0.15) is 10.5 Å². The lowest BCUT2D eigenvalue weighted by Crippen LogP contribution is -2.15. The molecule has 0 unspecified atom stereocenters. The van der Waals surface area contributed by atoms with Crippen LogP contribution in [-0.4, -0.2) is 15.9 Å². The Bertz CT molecular complexity index is 604. The van der Waals surface area contributed by atoms with Crippen LogP contribution >= 0.6 is 34.8 Å². The summed E-state index contributed by atoms with van der Waals surface area (Å²) in [5, 5.41) is 3.38. The molecule has 0 aliphatic heterocycles. The second-order valence-electron chi connectivity index (χ2n) is 3.28. The van der Waals surface area contributed by atoms with Gasteiger partial charge in [-0.05, 0) is 24.3 Å². The summed E-state index contributed by atoms with van der Waals surface area (Å²) >= 11 is 17.3. The predicted octanol–water partition coefficient (Wildman–Crippen LogP) is 3.69. The smallest absolute Gasteiger partial charge is 0.277 e. The first-order valence-electron chi connectivity index (χ1n) is 4.81. The summed E-state index contributed by atoms with van der Waals surface area (Å²) in [7, 11) is 0. The zero-order chi connectivity index (χ0) is 13.1. The van der Waals surface area contributed by atoms with E-state index in [4.69, 9.17) is 34.8 Å². The number of rotatable bonds is 2. The Labute approximate surface area is 118 Å². The fourth-order valence-corrected chi connectivity index (χ4v) is 1.72. The summed E-state index contributed by atoms with van der Waals surface area (Å²) in [5.41, 5.74) is 0.0333. The van der Waals surface area contributed by atoms with E-state index in [1.54, 1.807) is 6.07 Å². The molecule has 0 radical (unpaired) electrons. The van der Waals surface area contributed by atoms with Crippen molar-refractivity contribution in [2.45, 2.75) is 0 Å². The van der Waals surface area contributed by atoms with Crippen molar-refractivity contribution in [2.75, 3.05) is 5.32 Å². The molecule has 18 heavy (non-hydrogen) atoms. The molecule has 0 atom stereocenters. The van der Waals surface area contributed by atoms with Gasteiger partial charge in [-0.25, -0.2) is 9.97 Å². The molecule has 2 heterocycles. The molecule has 1 N–H and O–H groups in total. The number of hydrogen-bond acceptors (Lipinski definition) is 3. The average Bonchev–Trinajstić information content (AvgIpc) is 2.32. The lowest BCUT2D eigenvalue weighted by atomic mass is 10.3. The highest BCUT2D eigenvalue weighted by Gasteiger charge is 2.13. The molecule has 7 heteroatoms. The molecule has 0 aromatic carbocycles. The SMILES string of the molecule is O=C(Nc1cc(Cl)ccn1)c1nc(Cl)ccc1Cl. The Balaban J connectivity index is 2.24. The van der Waals surface area contributed by atoms with Crippen LogP contribution in [-0.2, 0) is 0 Å². The molecular weight excluding hydrogens is 296 g/mol. The lowest BCUT2D eigenvalue weighted by Gasteiger charge is -2.05. The number of carbonyl (C=O) groups is 1. The van der Waals surface area contributed by atoms with Crippen molar-refractivity contribution in [3.8, 4) is 0 Å². The highest BCUT2D eigenvalue weighted by molar-refractivity contribution is 6.35. The number of carbonyl (C=O) groups excluding carboxylic acids is 1. The first kappa shape index (κ1) is 13.1. The van der Waals surface area contributed by atoms with Gasteiger partial charge in [0.2, 0.25) is 0 Å². The molecule has 0 bridgehead atoms. The van der Waals surface area contributed by atoms with Gasteiger partial charge in [0.05, 0.1) is 5.02 Å². The lowest BCUT2D eigenvalue weighted by molar-refractivity contribution is 0.102. The topological polar surface area (TPSA) is 54.9 Å². The predicted molar refractivity (Wildman–Crippen MR) is 71.5 cm³/mol. The average molecular weight is 303 g/mol. The second-order valence-corrected chi connectivity index (χ2v) is 4.51. The van der Waals surface area contributed by atoms with Crippen molar-refractivity contribution in [1.29, 1.82) is 0 Å². The van der Waals surface area contributed by atoms with Crippen molar-refractivity contribution < 1.29 is 4.79 Å². The number of nitrogens with zero attached hydrogens (tertiary/aromatic N) is 2. The molecule has 0 saturated heterocycles. The van der Waals surface area contributed by atoms with Gasteiger partial charge in [-0.3, -0.25) is 4.79 Å². The first-order valence-corrected chi connectivity index (χ1v) is 5.94. The normalized spacial score (nSPS) is 10.2. The molecule has 2 aromatic heterocycles. The zero-order valence-electron chi connectivity index (χ0n) is 8.82. The Morgan fingerprint density at radius 2 is 1.94 bits per heavy atom. The number of nitrogens with one attached hydrogen (secondary N) is 1. The third-order valence-corrected chi connectivity index (χ3v) is 2.74. The number of halogens is 3. The summed E-state index contributed by atoms with van der Waals surface area (Å²) in [4.78, 5) is 19.7. The molecule has 2 rings (SSSR count). The Hall–Kier alpha value is -1.36. The summed E-state index contributed by atoms with van der Waals surface area (Å²) < 4.78 is 0. The molecule has 2 aromatic rings. The fraction of sp³-hybridized carbons (Fsp3) is 0. The van der Waals surface area contributed by atoms with E-state index in [2.05, 4.69) is 15.3 Å². The van der Waals surface area contributed by atoms with Crippen LogP contribution in [0.2, 0.25) is 15.2 Å². The van der Waals surface area contributed by atoms with Crippen LogP contribution in [0.25, 0.3) is 0 Å². The number of amides is 1. The Kier molecular flexibility index (Phi) is 4.01. The molecule has 92 valence electrons. The quantitative estimate of drug-likeness (QED) is 0.861. The monoisotopic (exact) mass is 301 g/mol. The molecule has 0 saturated carbocycles. The summed E-state index contributed by atoms with van der Waals surface area (Å²) in [6, 6.07) is 6.11. The third kappa shape index (κ3) is 3.10. The molecule has 0 fully saturated rings. The van der Waals surface area contributed by atoms with Gasteiger partial charge in [0, 0.05) is 11.2 Å². The number of pyridine rings is 2. The van der Waals surface area contributed by atoms with Crippen molar-refractivity contribution >= 4 is 46.5 Å². The highest BCUT2D eigenvalue weighted by atomic mass is 35.5. The van der Waals surface area contributed by atoms with E-state index in [9.17, 15) is 4.79 Å². The highest BCUT2D eigenvalue weighted by Crippen LogP contribution is 2.18. The van der Waals surface area contributed by atoms with E-state index in [1.165, 1.54) is 24.4 Å². The maximum atomic E-state index is 11.9. The van der Waals surface area contributed by atoms with Gasteiger partial charge in [-0.15, -0.1) is 0 Å². The number of aromatic nitrogens is 2. The summed E-state index contributed by atoms with van der Waals surface area (Å²) in [6.07, 6.45) is 1.48. The largest absolute Gasteiger partial charge is 0.305 e. The van der Waals surface area contributed by atoms with Gasteiger partial charge in [0.15, 0.2) is 0 Å². The van der Waals surface area contributed by atoms with Crippen molar-refractivity contribution in [2.24, 2.45) is 0 Å². The van der Waals surface area contributed by atoms with E-state index in [0.717, 1.165) is 0 Å². The van der Waals surface area contributed by atoms with Gasteiger partial charge in [-0.2, -0.15) is 0 Å². The van der Waals surface area contributed by atoms with E-state index < -0.39 is 5.91 Å². The standard InChI is InChI=1S/C11H6Cl3N3O/c12-6-3-4-15-9(5-6)17-11(18)10-7(13)1-2-8(14)16-10/h1-5H,(H,15,17,18). The Morgan fingerprint density at radius 1 is 1.17 bits per heavy atom. The number of hydrogen-bond donors (Lipinski definition) is 1. The van der Waals surface area contributed by atoms with Crippen LogP contribution in [0.4, 0.5) is 5.82 Å². The first-order chi connectivity index (χ1) is 8.56. The molecule has 1 amide bonds. The Morgan fingerprint density at radius 3 is 2.67 bits per heavy atom. The maximum absolute atomic E-state index is 11.9. The van der Waals surface area contributed by atoms with E-state index in [1.807, 2.05) is 0 Å². The molecule has 0 spiro atoms. The molecular formula is C11H6Cl3N3O. The van der Waals surface area contributed by atoms with Crippen LogP contribution in [0.5, 0.6) is 0 Å². The van der Waals surface area contributed by atoms with E-state index in [0.29, 0.717) is 10.8 Å². The minimum atomic E-state index is -0.503. The van der Waals surface area contributed by atoms with Crippen LogP contribution in [0.3, 0.4) is 0 Å². The van der Waals surface area contributed by atoms with Gasteiger partial charge < -0.3 is 5.32 Å². The minimum absolute atomic E-state index is 0.0333. The summed E-state index contributed by atoms with van der Waals surface area (Å²) in [6.45, 7) is 0. The molecule has 0 aliphatic carbocycles. The third-order valence-electron chi connectivity index (χ3n) is 1.99. The van der Waals surface area contributed by atoms with Gasteiger partial charge >= 0.3 is 0 Å². The fourth-order valence-electron chi connectivity index (χ4n) is 1.23. The number of anilines is 1.